The second-order valence-electron chi connectivity index (χ2n) is 4.69. The lowest BCUT2D eigenvalue weighted by Crippen LogP contribution is -2.19. The highest BCUT2D eigenvalue weighted by Crippen LogP contribution is 2.30. The Kier molecular flexibility index (Phi) is 4.92. The van der Waals surface area contributed by atoms with Gasteiger partial charge in [0.25, 0.3) is 0 Å². The number of hydrogen-bond donors (Lipinski definition) is 2. The van der Waals surface area contributed by atoms with Gasteiger partial charge in [0, 0.05) is 16.3 Å². The number of nitrogens with two attached hydrogens (primary N) is 1. The second kappa shape index (κ2) is 6.51. The summed E-state index contributed by atoms with van der Waals surface area (Å²) in [5.74, 6) is 0.706. The molecule has 0 bridgehead atoms. The molecule has 0 aromatic heterocycles. The Hall–Kier alpha value is -1.50. The highest BCUT2D eigenvalue weighted by atomic mass is 32.2. The van der Waals surface area contributed by atoms with E-state index >= 15 is 0 Å². The monoisotopic (exact) mass is 322 g/mol. The number of aryl methyl sites for hydroxylation is 1. The summed E-state index contributed by atoms with van der Waals surface area (Å²) in [5.41, 5.74) is 8.48. The first-order chi connectivity index (χ1) is 9.92. The lowest BCUT2D eigenvalue weighted by molar-refractivity contribution is 0.586. The van der Waals surface area contributed by atoms with Crippen molar-refractivity contribution in [3.63, 3.8) is 0 Å². The van der Waals surface area contributed by atoms with Gasteiger partial charge in [-0.1, -0.05) is 29.8 Å². The van der Waals surface area contributed by atoms with Crippen molar-refractivity contribution in [3.8, 4) is 0 Å². The van der Waals surface area contributed by atoms with Crippen molar-refractivity contribution in [1.29, 1.82) is 0 Å². The molecule has 2 rings (SSSR count). The van der Waals surface area contributed by atoms with Crippen LogP contribution in [-0.4, -0.2) is 15.5 Å². The number of nitrogens with one attached hydrogen (secondary N) is 1. The fourth-order valence-corrected chi connectivity index (χ4v) is 4.14. The standard InChI is InChI=1S/C15H18N2O2S2/c1-11-4-3-5-12(8-11)10-20-14-7-6-13(16)9-15(14)21(18,19)17-2/h3-9,17H,10,16H2,1-2H3. The lowest BCUT2D eigenvalue weighted by atomic mass is 10.2. The molecular formula is C15H18N2O2S2. The first kappa shape index (κ1) is 15.9. The van der Waals surface area contributed by atoms with Crippen molar-refractivity contribution in [1.82, 2.24) is 4.72 Å². The van der Waals surface area contributed by atoms with E-state index in [4.69, 9.17) is 5.73 Å². The maximum absolute atomic E-state index is 12.1. The Labute approximate surface area is 129 Å². The molecule has 2 aromatic rings. The zero-order valence-corrected chi connectivity index (χ0v) is 13.6. The van der Waals surface area contributed by atoms with Crippen LogP contribution in [0.1, 0.15) is 11.1 Å². The smallest absolute Gasteiger partial charge is 0.241 e. The molecule has 0 aliphatic heterocycles. The van der Waals surface area contributed by atoms with Gasteiger partial charge in [-0.05, 0) is 37.7 Å². The van der Waals surface area contributed by atoms with Crippen LogP contribution in [0.3, 0.4) is 0 Å². The van der Waals surface area contributed by atoms with E-state index in [0.29, 0.717) is 16.3 Å². The maximum Gasteiger partial charge on any atom is 0.241 e. The number of benzene rings is 2. The van der Waals surface area contributed by atoms with Gasteiger partial charge in [-0.3, -0.25) is 0 Å². The molecule has 0 atom stereocenters. The molecule has 0 heterocycles. The predicted molar refractivity (Wildman–Crippen MR) is 87.8 cm³/mol. The summed E-state index contributed by atoms with van der Waals surface area (Å²) in [7, 11) is -2.12. The summed E-state index contributed by atoms with van der Waals surface area (Å²) in [6.45, 7) is 2.04. The summed E-state index contributed by atoms with van der Waals surface area (Å²) in [6, 6.07) is 13.1. The molecule has 3 N–H and O–H groups in total. The van der Waals surface area contributed by atoms with E-state index < -0.39 is 10.0 Å². The average Bonchev–Trinajstić information content (AvgIpc) is 2.46. The van der Waals surface area contributed by atoms with E-state index in [0.717, 1.165) is 5.56 Å². The summed E-state index contributed by atoms with van der Waals surface area (Å²) in [5, 5.41) is 0. The molecule has 4 nitrogen and oxygen atoms in total. The van der Waals surface area contributed by atoms with Gasteiger partial charge in [0.15, 0.2) is 0 Å². The van der Waals surface area contributed by atoms with Crippen LogP contribution in [0, 0.1) is 6.92 Å². The van der Waals surface area contributed by atoms with Gasteiger partial charge in [-0.15, -0.1) is 11.8 Å². The molecule has 0 aliphatic rings. The number of thioether (sulfide) groups is 1. The molecule has 21 heavy (non-hydrogen) atoms. The zero-order valence-electron chi connectivity index (χ0n) is 12.0. The summed E-state index contributed by atoms with van der Waals surface area (Å²) in [4.78, 5) is 0.919. The Morgan fingerprint density at radius 3 is 2.62 bits per heavy atom. The fourth-order valence-electron chi connectivity index (χ4n) is 1.93. The Morgan fingerprint density at radius 2 is 1.95 bits per heavy atom. The van der Waals surface area contributed by atoms with Crippen LogP contribution in [0.15, 0.2) is 52.3 Å². The van der Waals surface area contributed by atoms with Gasteiger partial charge in [0.1, 0.15) is 0 Å². The van der Waals surface area contributed by atoms with Crippen LogP contribution in [0.5, 0.6) is 0 Å². The van der Waals surface area contributed by atoms with E-state index in [2.05, 4.69) is 10.8 Å². The van der Waals surface area contributed by atoms with Gasteiger partial charge in [-0.2, -0.15) is 0 Å². The molecule has 112 valence electrons. The lowest BCUT2D eigenvalue weighted by Gasteiger charge is -2.10. The third-order valence-electron chi connectivity index (χ3n) is 3.00. The topological polar surface area (TPSA) is 72.2 Å². The van der Waals surface area contributed by atoms with Gasteiger partial charge < -0.3 is 5.73 Å². The molecule has 0 aliphatic carbocycles. The third-order valence-corrected chi connectivity index (χ3v) is 5.73. The zero-order chi connectivity index (χ0) is 15.5. The SMILES string of the molecule is CNS(=O)(=O)c1cc(N)ccc1SCc1cccc(C)c1. The van der Waals surface area contributed by atoms with Gasteiger partial charge in [0.05, 0.1) is 4.90 Å². The first-order valence-corrected chi connectivity index (χ1v) is 8.90. The molecule has 0 amide bonds. The van der Waals surface area contributed by atoms with Crippen LogP contribution >= 0.6 is 11.8 Å². The van der Waals surface area contributed by atoms with Gasteiger partial charge in [0.2, 0.25) is 10.0 Å². The van der Waals surface area contributed by atoms with Crippen LogP contribution in [0.2, 0.25) is 0 Å². The van der Waals surface area contributed by atoms with Crippen molar-refractivity contribution < 1.29 is 8.42 Å². The van der Waals surface area contributed by atoms with Crippen molar-refractivity contribution in [2.24, 2.45) is 0 Å². The molecule has 2 aromatic carbocycles. The highest BCUT2D eigenvalue weighted by molar-refractivity contribution is 7.99. The Bertz CT molecular complexity index is 743. The molecule has 0 fully saturated rings. The van der Waals surface area contributed by atoms with E-state index in [1.807, 2.05) is 25.1 Å². The van der Waals surface area contributed by atoms with E-state index in [9.17, 15) is 8.42 Å². The van der Waals surface area contributed by atoms with Gasteiger partial charge >= 0.3 is 0 Å². The Balaban J connectivity index is 2.28. The largest absolute Gasteiger partial charge is 0.399 e. The number of hydrogen-bond acceptors (Lipinski definition) is 4. The maximum atomic E-state index is 12.1. The van der Waals surface area contributed by atoms with Crippen LogP contribution < -0.4 is 10.5 Å². The summed E-state index contributed by atoms with van der Waals surface area (Å²) < 4.78 is 26.5. The van der Waals surface area contributed by atoms with Crippen molar-refractivity contribution in [2.45, 2.75) is 22.5 Å². The number of rotatable bonds is 5. The summed E-state index contributed by atoms with van der Waals surface area (Å²) in [6.07, 6.45) is 0. The first-order valence-electron chi connectivity index (χ1n) is 6.44. The fraction of sp³-hybridized carbons (Fsp3) is 0.200. The van der Waals surface area contributed by atoms with E-state index in [1.165, 1.54) is 30.4 Å². The molecule has 0 saturated heterocycles. The number of anilines is 1. The molecule has 6 heteroatoms. The van der Waals surface area contributed by atoms with E-state index in [1.54, 1.807) is 12.1 Å². The van der Waals surface area contributed by atoms with Crippen molar-refractivity contribution in [2.75, 3.05) is 12.8 Å². The predicted octanol–water partition coefficient (Wildman–Crippen LogP) is 2.78. The van der Waals surface area contributed by atoms with Crippen molar-refractivity contribution in [3.05, 3.63) is 53.6 Å². The third kappa shape index (κ3) is 4.00. The molecule has 0 radical (unpaired) electrons. The van der Waals surface area contributed by atoms with Crippen LogP contribution in [-0.2, 0) is 15.8 Å². The average molecular weight is 322 g/mol. The minimum Gasteiger partial charge on any atom is -0.399 e. The highest BCUT2D eigenvalue weighted by Gasteiger charge is 2.17. The molecule has 0 unspecified atom stereocenters. The molecule has 0 saturated carbocycles. The van der Waals surface area contributed by atoms with Crippen molar-refractivity contribution >= 4 is 27.5 Å². The molecular weight excluding hydrogens is 304 g/mol. The van der Waals surface area contributed by atoms with Gasteiger partial charge in [-0.25, -0.2) is 13.1 Å². The van der Waals surface area contributed by atoms with Crippen LogP contribution in [0.25, 0.3) is 0 Å². The Morgan fingerprint density at radius 1 is 1.19 bits per heavy atom. The minimum atomic E-state index is -3.51. The van der Waals surface area contributed by atoms with Crippen LogP contribution in [0.4, 0.5) is 5.69 Å². The normalized spacial score (nSPS) is 11.5. The quantitative estimate of drug-likeness (QED) is 0.656. The molecule has 0 spiro atoms. The number of nitrogen functional groups attached to an aromatic ring is 1. The minimum absolute atomic E-state index is 0.225. The number of sulfonamides is 1. The second-order valence-corrected chi connectivity index (χ2v) is 7.56. The van der Waals surface area contributed by atoms with E-state index in [-0.39, 0.29) is 4.90 Å². The summed E-state index contributed by atoms with van der Waals surface area (Å²) >= 11 is 1.49.